The number of benzene rings is 2. The van der Waals surface area contributed by atoms with Crippen LogP contribution in [0.5, 0.6) is 0 Å². The van der Waals surface area contributed by atoms with Crippen molar-refractivity contribution in [1.82, 2.24) is 15.3 Å². The average molecular weight is 532 g/mol. The van der Waals surface area contributed by atoms with Crippen molar-refractivity contribution in [2.24, 2.45) is 0 Å². The summed E-state index contributed by atoms with van der Waals surface area (Å²) in [5.74, 6) is -0.645. The quantitative estimate of drug-likeness (QED) is 0.316. The molecule has 0 radical (unpaired) electrons. The van der Waals surface area contributed by atoms with Crippen molar-refractivity contribution in [2.45, 2.75) is 37.8 Å². The standard InChI is InChI=1S/C25H28ClFN5O3P/c1-36(2,35)22-6-4-3-5-21(22)30-23-18(26)14-28-25(32-23)31-20-12-7-15(13-19(20)27)24(34)29-16-8-10-17(33)11-9-16/h3-7,12-14,16-17,33H,8-11H2,1-2H3,(H,29,34)(H2,28,30,31,32). The monoisotopic (exact) mass is 531 g/mol. The molecule has 0 aliphatic heterocycles. The van der Waals surface area contributed by atoms with Gasteiger partial charge in [0.25, 0.3) is 5.91 Å². The Morgan fingerprint density at radius 2 is 1.81 bits per heavy atom. The second-order valence-corrected chi connectivity index (χ2v) is 12.8. The number of amides is 1. The van der Waals surface area contributed by atoms with Crippen molar-refractivity contribution in [3.05, 3.63) is 65.1 Å². The van der Waals surface area contributed by atoms with Crippen molar-refractivity contribution in [3.8, 4) is 0 Å². The molecule has 0 spiro atoms. The van der Waals surface area contributed by atoms with E-state index in [-0.39, 0.29) is 46.1 Å². The minimum Gasteiger partial charge on any atom is -0.393 e. The van der Waals surface area contributed by atoms with Crippen LogP contribution in [0.2, 0.25) is 5.02 Å². The summed E-state index contributed by atoms with van der Waals surface area (Å²) < 4.78 is 27.5. The van der Waals surface area contributed by atoms with Crippen LogP contribution in [0, 0.1) is 5.82 Å². The fourth-order valence-electron chi connectivity index (χ4n) is 4.06. The number of rotatable bonds is 7. The van der Waals surface area contributed by atoms with Crippen molar-refractivity contribution < 1.29 is 18.9 Å². The minimum atomic E-state index is -2.57. The summed E-state index contributed by atoms with van der Waals surface area (Å²) in [6.07, 6.45) is 3.72. The highest BCUT2D eigenvalue weighted by molar-refractivity contribution is 7.70. The molecule has 1 aliphatic carbocycles. The fourth-order valence-corrected chi connectivity index (χ4v) is 5.35. The number of nitrogens with one attached hydrogen (secondary N) is 3. The highest BCUT2D eigenvalue weighted by Gasteiger charge is 2.22. The largest absolute Gasteiger partial charge is 0.393 e. The molecule has 1 fully saturated rings. The summed E-state index contributed by atoms with van der Waals surface area (Å²) in [4.78, 5) is 21.0. The molecule has 1 heterocycles. The second-order valence-electron chi connectivity index (χ2n) is 9.18. The molecule has 0 unspecified atom stereocenters. The van der Waals surface area contributed by atoms with Gasteiger partial charge in [0.05, 0.1) is 23.7 Å². The third kappa shape index (κ3) is 6.40. The van der Waals surface area contributed by atoms with Gasteiger partial charge in [0, 0.05) is 16.9 Å². The van der Waals surface area contributed by atoms with Gasteiger partial charge >= 0.3 is 0 Å². The highest BCUT2D eigenvalue weighted by atomic mass is 35.5. The predicted molar refractivity (Wildman–Crippen MR) is 141 cm³/mol. The van der Waals surface area contributed by atoms with E-state index in [0.29, 0.717) is 36.7 Å². The Labute approximate surface area is 214 Å². The fraction of sp³-hybridized carbons (Fsp3) is 0.320. The molecule has 1 aromatic heterocycles. The number of hydrogen-bond donors (Lipinski definition) is 4. The third-order valence-electron chi connectivity index (χ3n) is 5.99. The van der Waals surface area contributed by atoms with Crippen LogP contribution < -0.4 is 21.3 Å². The van der Waals surface area contributed by atoms with Gasteiger partial charge in [-0.1, -0.05) is 23.7 Å². The number of hydrogen-bond acceptors (Lipinski definition) is 7. The Morgan fingerprint density at radius 1 is 1.08 bits per heavy atom. The van der Waals surface area contributed by atoms with E-state index < -0.39 is 13.0 Å². The lowest BCUT2D eigenvalue weighted by atomic mass is 9.93. The molecule has 36 heavy (non-hydrogen) atoms. The van der Waals surface area contributed by atoms with Gasteiger partial charge in [-0.25, -0.2) is 9.37 Å². The molecule has 11 heteroatoms. The molecule has 4 N–H and O–H groups in total. The van der Waals surface area contributed by atoms with Crippen molar-refractivity contribution in [3.63, 3.8) is 0 Å². The summed E-state index contributed by atoms with van der Waals surface area (Å²) in [6, 6.07) is 11.3. The van der Waals surface area contributed by atoms with Crippen LogP contribution in [0.25, 0.3) is 0 Å². The van der Waals surface area contributed by atoms with Crippen LogP contribution in [0.4, 0.5) is 27.5 Å². The second kappa shape index (κ2) is 10.9. The SMILES string of the molecule is CP(C)(=O)c1ccccc1Nc1nc(Nc2ccc(C(=O)NC3CCC(O)CC3)cc2F)ncc1Cl. The molecule has 0 bridgehead atoms. The normalized spacial score (nSPS) is 17.9. The van der Waals surface area contributed by atoms with Gasteiger partial charge in [0.2, 0.25) is 5.95 Å². The number of nitrogens with zero attached hydrogens (tertiary/aromatic N) is 2. The molecule has 1 aliphatic rings. The molecule has 190 valence electrons. The van der Waals surface area contributed by atoms with E-state index >= 15 is 0 Å². The number of carbonyl (C=O) groups is 1. The molecule has 0 atom stereocenters. The lowest BCUT2D eigenvalue weighted by molar-refractivity contribution is 0.0867. The van der Waals surface area contributed by atoms with Crippen LogP contribution in [0.1, 0.15) is 36.0 Å². The zero-order valence-corrected chi connectivity index (χ0v) is 21.6. The zero-order valence-electron chi connectivity index (χ0n) is 20.0. The van der Waals surface area contributed by atoms with Crippen LogP contribution in [0.3, 0.4) is 0 Å². The summed E-state index contributed by atoms with van der Waals surface area (Å²) in [5, 5.41) is 19.3. The van der Waals surface area contributed by atoms with Crippen molar-refractivity contribution in [1.29, 1.82) is 0 Å². The highest BCUT2D eigenvalue weighted by Crippen LogP contribution is 2.38. The van der Waals surface area contributed by atoms with Gasteiger partial charge in [-0.05, 0) is 69.3 Å². The summed E-state index contributed by atoms with van der Waals surface area (Å²) >= 11 is 6.27. The smallest absolute Gasteiger partial charge is 0.251 e. The summed E-state index contributed by atoms with van der Waals surface area (Å²) in [6.45, 7) is 3.35. The maximum atomic E-state index is 14.8. The molecule has 3 aromatic rings. The van der Waals surface area contributed by atoms with Gasteiger partial charge in [-0.2, -0.15) is 4.98 Å². The van der Waals surface area contributed by atoms with E-state index in [1.807, 2.05) is 0 Å². The zero-order chi connectivity index (χ0) is 25.9. The van der Waals surface area contributed by atoms with Gasteiger partial charge in [-0.3, -0.25) is 4.79 Å². The van der Waals surface area contributed by atoms with E-state index in [0.717, 1.165) is 6.07 Å². The molecule has 4 rings (SSSR count). The van der Waals surface area contributed by atoms with Crippen LogP contribution in [0.15, 0.2) is 48.7 Å². The molecule has 0 saturated heterocycles. The summed E-state index contributed by atoms with van der Waals surface area (Å²) in [5.41, 5.74) is 0.891. The Morgan fingerprint density at radius 3 is 2.50 bits per heavy atom. The van der Waals surface area contributed by atoms with E-state index in [9.17, 15) is 18.9 Å². The Balaban J connectivity index is 1.48. The number of aliphatic hydroxyl groups excluding tert-OH is 1. The van der Waals surface area contributed by atoms with Crippen LogP contribution >= 0.6 is 18.7 Å². The lowest BCUT2D eigenvalue weighted by Gasteiger charge is -2.26. The van der Waals surface area contributed by atoms with Crippen molar-refractivity contribution in [2.75, 3.05) is 24.0 Å². The first kappa shape index (κ1) is 26.1. The Kier molecular flexibility index (Phi) is 7.93. The van der Waals surface area contributed by atoms with Crippen molar-refractivity contribution >= 4 is 53.1 Å². The number of para-hydroxylation sites is 1. The minimum absolute atomic E-state index is 0.0328. The van der Waals surface area contributed by atoms with E-state index in [1.54, 1.807) is 37.6 Å². The molecule has 1 amide bonds. The lowest BCUT2D eigenvalue weighted by Crippen LogP contribution is -2.38. The first-order valence-electron chi connectivity index (χ1n) is 11.6. The third-order valence-corrected chi connectivity index (χ3v) is 7.82. The van der Waals surface area contributed by atoms with E-state index in [1.165, 1.54) is 18.3 Å². The number of halogens is 2. The number of carbonyl (C=O) groups excluding carboxylic acids is 1. The first-order valence-corrected chi connectivity index (χ1v) is 14.6. The molecular formula is C25H28ClFN5O3P. The maximum absolute atomic E-state index is 14.8. The average Bonchev–Trinajstić information content (AvgIpc) is 2.83. The van der Waals surface area contributed by atoms with Gasteiger partial charge in [0.15, 0.2) is 5.82 Å². The molecule has 8 nitrogen and oxygen atoms in total. The van der Waals surface area contributed by atoms with Crippen LogP contribution in [-0.2, 0) is 4.57 Å². The maximum Gasteiger partial charge on any atom is 0.251 e. The number of aliphatic hydroxyl groups is 1. The predicted octanol–water partition coefficient (Wildman–Crippen LogP) is 5.04. The van der Waals surface area contributed by atoms with Gasteiger partial charge in [-0.15, -0.1) is 0 Å². The molecule has 1 saturated carbocycles. The number of aromatic nitrogens is 2. The van der Waals surface area contributed by atoms with Crippen LogP contribution in [-0.4, -0.2) is 46.5 Å². The first-order chi connectivity index (χ1) is 17.1. The summed E-state index contributed by atoms with van der Waals surface area (Å²) in [7, 11) is -2.57. The van der Waals surface area contributed by atoms with E-state index in [2.05, 4.69) is 25.9 Å². The Hall–Kier alpha value is -3.00. The Bertz CT molecular complexity index is 1310. The number of anilines is 4. The van der Waals surface area contributed by atoms with Gasteiger partial charge < -0.3 is 25.6 Å². The van der Waals surface area contributed by atoms with E-state index in [4.69, 9.17) is 11.6 Å². The van der Waals surface area contributed by atoms with Gasteiger partial charge in [0.1, 0.15) is 18.0 Å². The molecular weight excluding hydrogens is 504 g/mol. The topological polar surface area (TPSA) is 116 Å². The molecule has 2 aromatic carbocycles.